The molecule has 4 nitrogen and oxygen atoms in total. The van der Waals surface area contributed by atoms with E-state index in [0.29, 0.717) is 0 Å². The van der Waals surface area contributed by atoms with Gasteiger partial charge in [0.05, 0.1) is 5.69 Å². The zero-order chi connectivity index (χ0) is 13.2. The number of rotatable bonds is 2. The second-order valence-electron chi connectivity index (χ2n) is 4.59. The molecule has 0 unspecified atom stereocenters. The molecule has 0 spiro atoms. The smallest absolute Gasteiger partial charge is 0.161 e. The second kappa shape index (κ2) is 5.35. The highest BCUT2D eigenvalue weighted by Crippen LogP contribution is 2.23. The quantitative estimate of drug-likeness (QED) is 0.924. The van der Waals surface area contributed by atoms with Crippen LogP contribution in [0.1, 0.15) is 23.9 Å². The molecule has 2 aromatic rings. The fourth-order valence-corrected chi connectivity index (χ4v) is 2.76. The van der Waals surface area contributed by atoms with Gasteiger partial charge in [0.2, 0.25) is 0 Å². The first kappa shape index (κ1) is 12.7. The summed E-state index contributed by atoms with van der Waals surface area (Å²) in [6.45, 7) is 3.99. The van der Waals surface area contributed by atoms with Crippen LogP contribution in [0.25, 0.3) is 11.4 Å². The van der Waals surface area contributed by atoms with E-state index in [-0.39, 0.29) is 0 Å². The molecule has 19 heavy (non-hydrogen) atoms. The van der Waals surface area contributed by atoms with Crippen molar-refractivity contribution in [3.8, 4) is 11.4 Å². The van der Waals surface area contributed by atoms with Crippen molar-refractivity contribution in [1.29, 1.82) is 0 Å². The second-order valence-corrected chi connectivity index (χ2v) is 5.51. The van der Waals surface area contributed by atoms with Crippen molar-refractivity contribution < 1.29 is 0 Å². The Morgan fingerprint density at radius 3 is 3.00 bits per heavy atom. The van der Waals surface area contributed by atoms with Gasteiger partial charge in [-0.1, -0.05) is 6.92 Å². The molecule has 0 radical (unpaired) electrons. The van der Waals surface area contributed by atoms with Crippen LogP contribution in [0.4, 0.5) is 0 Å². The summed E-state index contributed by atoms with van der Waals surface area (Å²) in [6, 6.07) is 2.00. The number of hydrogen-bond acceptors (Lipinski definition) is 4. The van der Waals surface area contributed by atoms with Crippen molar-refractivity contribution in [2.45, 2.75) is 26.3 Å². The fraction of sp³-hybridized carbons (Fsp3) is 0.357. The van der Waals surface area contributed by atoms with Gasteiger partial charge in [-0.3, -0.25) is 4.98 Å². The number of hydrogen-bond donors (Lipinski definition) is 1. The van der Waals surface area contributed by atoms with Gasteiger partial charge in [-0.05, 0) is 46.9 Å². The third kappa shape index (κ3) is 2.53. The van der Waals surface area contributed by atoms with E-state index in [4.69, 9.17) is 9.97 Å². The number of nitrogens with one attached hydrogen (secondary N) is 1. The minimum absolute atomic E-state index is 0.771. The summed E-state index contributed by atoms with van der Waals surface area (Å²) in [7, 11) is 0. The summed E-state index contributed by atoms with van der Waals surface area (Å²) in [5.41, 5.74) is 4.58. The molecule has 1 aliphatic heterocycles. The minimum Gasteiger partial charge on any atom is -0.311 e. The molecule has 0 aromatic carbocycles. The zero-order valence-electron chi connectivity index (χ0n) is 10.8. The number of halogens is 1. The van der Waals surface area contributed by atoms with Crippen molar-refractivity contribution in [2.24, 2.45) is 0 Å². The normalized spacial score (nSPS) is 14.2. The monoisotopic (exact) mass is 318 g/mol. The Bertz CT molecular complexity index is 595. The molecule has 1 N–H and O–H groups in total. The van der Waals surface area contributed by atoms with Crippen LogP contribution in [0.5, 0.6) is 0 Å². The predicted octanol–water partition coefficient (Wildman–Crippen LogP) is 2.51. The Hall–Kier alpha value is -1.33. The van der Waals surface area contributed by atoms with Crippen LogP contribution in [0.2, 0.25) is 0 Å². The average molecular weight is 319 g/mol. The third-order valence-electron chi connectivity index (χ3n) is 3.32. The van der Waals surface area contributed by atoms with E-state index in [0.717, 1.165) is 47.5 Å². The lowest BCUT2D eigenvalue weighted by molar-refractivity contribution is 0.617. The molecule has 2 aromatic heterocycles. The van der Waals surface area contributed by atoms with Crippen LogP contribution in [-0.4, -0.2) is 21.5 Å². The summed E-state index contributed by atoms with van der Waals surface area (Å²) in [5.74, 6) is 0.771. The average Bonchev–Trinajstić information content (AvgIpc) is 2.46. The molecular weight excluding hydrogens is 304 g/mol. The summed E-state index contributed by atoms with van der Waals surface area (Å²) < 4.78 is 0.947. The van der Waals surface area contributed by atoms with Gasteiger partial charge in [0.15, 0.2) is 5.82 Å². The number of fused-ring (bicyclic) bond motifs is 1. The molecule has 0 atom stereocenters. The molecule has 5 heteroatoms. The van der Waals surface area contributed by atoms with E-state index >= 15 is 0 Å². The topological polar surface area (TPSA) is 50.7 Å². The van der Waals surface area contributed by atoms with Gasteiger partial charge in [-0.25, -0.2) is 9.97 Å². The summed E-state index contributed by atoms with van der Waals surface area (Å²) in [6.07, 6.45) is 5.54. The van der Waals surface area contributed by atoms with E-state index in [1.807, 2.05) is 12.3 Å². The molecule has 98 valence electrons. The molecule has 3 heterocycles. The summed E-state index contributed by atoms with van der Waals surface area (Å²) >= 11 is 3.44. The van der Waals surface area contributed by atoms with E-state index in [2.05, 4.69) is 33.2 Å². The standard InChI is InChI=1S/C14H15BrN4/c1-2-12-11-3-4-16-8-13(11)19-14(18-12)9-5-10(15)7-17-6-9/h5-7,16H,2-4,8H2,1H3. The van der Waals surface area contributed by atoms with E-state index < -0.39 is 0 Å². The molecule has 0 saturated heterocycles. The molecule has 0 amide bonds. The van der Waals surface area contributed by atoms with Crippen molar-refractivity contribution in [2.75, 3.05) is 6.54 Å². The third-order valence-corrected chi connectivity index (χ3v) is 3.75. The molecule has 0 aliphatic carbocycles. The number of aryl methyl sites for hydroxylation is 1. The zero-order valence-corrected chi connectivity index (χ0v) is 12.4. The maximum Gasteiger partial charge on any atom is 0.161 e. The Morgan fingerprint density at radius 2 is 2.21 bits per heavy atom. The molecule has 3 rings (SSSR count). The van der Waals surface area contributed by atoms with E-state index in [9.17, 15) is 0 Å². The first-order valence-corrected chi connectivity index (χ1v) is 7.27. The molecule has 0 saturated carbocycles. The van der Waals surface area contributed by atoms with Gasteiger partial charge in [0, 0.05) is 34.7 Å². The largest absolute Gasteiger partial charge is 0.311 e. The SMILES string of the molecule is CCc1nc(-c2cncc(Br)c2)nc2c1CCNC2. The number of pyridine rings is 1. The first-order chi connectivity index (χ1) is 9.28. The maximum absolute atomic E-state index is 4.72. The van der Waals surface area contributed by atoms with Gasteiger partial charge < -0.3 is 5.32 Å². The van der Waals surface area contributed by atoms with Crippen molar-refractivity contribution >= 4 is 15.9 Å². The van der Waals surface area contributed by atoms with Gasteiger partial charge >= 0.3 is 0 Å². The Labute approximate surface area is 120 Å². The van der Waals surface area contributed by atoms with Gasteiger partial charge in [-0.15, -0.1) is 0 Å². The van der Waals surface area contributed by atoms with Gasteiger partial charge in [0.25, 0.3) is 0 Å². The summed E-state index contributed by atoms with van der Waals surface area (Å²) in [4.78, 5) is 13.6. The van der Waals surface area contributed by atoms with Gasteiger partial charge in [0.1, 0.15) is 0 Å². The van der Waals surface area contributed by atoms with Crippen molar-refractivity contribution in [3.63, 3.8) is 0 Å². The van der Waals surface area contributed by atoms with Crippen LogP contribution >= 0.6 is 15.9 Å². The Kier molecular flexibility index (Phi) is 3.57. The van der Waals surface area contributed by atoms with Crippen molar-refractivity contribution in [1.82, 2.24) is 20.3 Å². The molecule has 0 fully saturated rings. The summed E-state index contributed by atoms with van der Waals surface area (Å²) in [5, 5.41) is 3.37. The highest BCUT2D eigenvalue weighted by Gasteiger charge is 2.17. The van der Waals surface area contributed by atoms with Crippen LogP contribution in [0.3, 0.4) is 0 Å². The minimum atomic E-state index is 0.771. The van der Waals surface area contributed by atoms with Crippen LogP contribution < -0.4 is 5.32 Å². The first-order valence-electron chi connectivity index (χ1n) is 6.48. The lowest BCUT2D eigenvalue weighted by Crippen LogP contribution is -2.26. The van der Waals surface area contributed by atoms with Crippen LogP contribution in [0.15, 0.2) is 22.9 Å². The van der Waals surface area contributed by atoms with Gasteiger partial charge in [-0.2, -0.15) is 0 Å². The Balaban J connectivity index is 2.12. The highest BCUT2D eigenvalue weighted by atomic mass is 79.9. The van der Waals surface area contributed by atoms with Crippen molar-refractivity contribution in [3.05, 3.63) is 39.9 Å². The van der Waals surface area contributed by atoms with E-state index in [1.165, 1.54) is 11.3 Å². The van der Waals surface area contributed by atoms with Crippen LogP contribution in [0, 0.1) is 0 Å². The highest BCUT2D eigenvalue weighted by molar-refractivity contribution is 9.10. The fourth-order valence-electron chi connectivity index (χ4n) is 2.39. The maximum atomic E-state index is 4.72. The molecule has 1 aliphatic rings. The van der Waals surface area contributed by atoms with E-state index in [1.54, 1.807) is 6.20 Å². The Morgan fingerprint density at radius 1 is 1.32 bits per heavy atom. The molecule has 0 bridgehead atoms. The lowest BCUT2D eigenvalue weighted by atomic mass is 10.0. The lowest BCUT2D eigenvalue weighted by Gasteiger charge is -2.19. The predicted molar refractivity (Wildman–Crippen MR) is 77.8 cm³/mol. The number of nitrogens with zero attached hydrogens (tertiary/aromatic N) is 3. The van der Waals surface area contributed by atoms with Crippen LogP contribution in [-0.2, 0) is 19.4 Å². The number of aromatic nitrogens is 3. The molecular formula is C14H15BrN4.